The number of fused-ring (bicyclic) bond motifs is 2. The number of hydrogen-bond acceptors (Lipinski definition) is 6. The van der Waals surface area contributed by atoms with Gasteiger partial charge in [0.2, 0.25) is 5.91 Å². The molecule has 1 amide bonds. The molecular formula is C26H26N6OS. The van der Waals surface area contributed by atoms with E-state index in [-0.39, 0.29) is 5.91 Å². The molecule has 0 saturated carbocycles. The van der Waals surface area contributed by atoms with Gasteiger partial charge < -0.3 is 0 Å². The average molecular weight is 471 g/mol. The third-order valence-corrected chi connectivity index (χ3v) is 7.14. The molecular weight excluding hydrogens is 444 g/mol. The van der Waals surface area contributed by atoms with Gasteiger partial charge in [0.1, 0.15) is 6.33 Å². The van der Waals surface area contributed by atoms with Gasteiger partial charge in [0.05, 0.1) is 15.9 Å². The summed E-state index contributed by atoms with van der Waals surface area (Å²) >= 11 is 1.53. The molecule has 0 saturated heterocycles. The third-order valence-electron chi connectivity index (χ3n) is 6.12. The van der Waals surface area contributed by atoms with Gasteiger partial charge in [0, 0.05) is 17.8 Å². The molecule has 34 heavy (non-hydrogen) atoms. The minimum atomic E-state index is -0.00570. The lowest BCUT2D eigenvalue weighted by Crippen LogP contribution is -2.26. The molecule has 0 bridgehead atoms. The Labute approximate surface area is 202 Å². The summed E-state index contributed by atoms with van der Waals surface area (Å²) in [5.41, 5.74) is 5.81. The van der Waals surface area contributed by atoms with E-state index in [1.165, 1.54) is 23.2 Å². The van der Waals surface area contributed by atoms with Crippen molar-refractivity contribution in [2.75, 3.05) is 4.90 Å². The highest BCUT2D eigenvalue weighted by Gasteiger charge is 2.23. The van der Waals surface area contributed by atoms with Crippen molar-refractivity contribution in [3.05, 3.63) is 77.4 Å². The lowest BCUT2D eigenvalue weighted by atomic mass is 10.0. The minimum Gasteiger partial charge on any atom is -0.274 e. The van der Waals surface area contributed by atoms with Crippen molar-refractivity contribution < 1.29 is 4.79 Å². The zero-order valence-corrected chi connectivity index (χ0v) is 20.5. The molecule has 5 rings (SSSR count). The van der Waals surface area contributed by atoms with Crippen molar-refractivity contribution >= 4 is 44.1 Å². The number of hydrogen-bond donors (Lipinski definition) is 0. The lowest BCUT2D eigenvalue weighted by Gasteiger charge is -2.21. The van der Waals surface area contributed by atoms with Crippen LogP contribution in [0.25, 0.3) is 16.0 Å². The fraction of sp³-hybridized carbons (Fsp3) is 0.269. The van der Waals surface area contributed by atoms with Gasteiger partial charge in [-0.25, -0.2) is 14.5 Å². The van der Waals surface area contributed by atoms with Crippen molar-refractivity contribution in [1.82, 2.24) is 24.6 Å². The van der Waals surface area contributed by atoms with E-state index in [9.17, 15) is 4.79 Å². The maximum absolute atomic E-state index is 13.7. The van der Waals surface area contributed by atoms with Gasteiger partial charge >= 0.3 is 0 Å². The number of carbonyl (C=O) groups is 1. The summed E-state index contributed by atoms with van der Waals surface area (Å²) in [6, 6.07) is 16.2. The van der Waals surface area contributed by atoms with Crippen LogP contribution in [0.15, 0.2) is 54.9 Å². The molecule has 0 aliphatic rings. The fourth-order valence-corrected chi connectivity index (χ4v) is 5.19. The molecule has 0 fully saturated rings. The minimum absolute atomic E-state index is 0.00570. The molecule has 172 valence electrons. The zero-order chi connectivity index (χ0) is 23.8. The molecule has 0 spiro atoms. The Bertz CT molecular complexity index is 1450. The lowest BCUT2D eigenvalue weighted by molar-refractivity contribution is -0.117. The predicted molar refractivity (Wildman–Crippen MR) is 136 cm³/mol. The largest absolute Gasteiger partial charge is 0.274 e. The molecule has 2 aromatic carbocycles. The van der Waals surface area contributed by atoms with E-state index < -0.39 is 0 Å². The van der Waals surface area contributed by atoms with E-state index in [1.54, 1.807) is 9.42 Å². The Kier molecular flexibility index (Phi) is 5.83. The molecule has 8 heteroatoms. The summed E-state index contributed by atoms with van der Waals surface area (Å²) in [5.74, 6) is 0.992. The number of amides is 1. The summed E-state index contributed by atoms with van der Waals surface area (Å²) in [6.07, 6.45) is 2.38. The van der Waals surface area contributed by atoms with Crippen molar-refractivity contribution in [2.45, 2.75) is 46.5 Å². The molecule has 7 nitrogen and oxygen atoms in total. The van der Waals surface area contributed by atoms with Crippen LogP contribution in [0.1, 0.15) is 48.7 Å². The van der Waals surface area contributed by atoms with Gasteiger partial charge in [-0.2, -0.15) is 10.1 Å². The molecule has 5 aromatic rings. The van der Waals surface area contributed by atoms with Gasteiger partial charge in [-0.1, -0.05) is 49.4 Å². The quantitative estimate of drug-likeness (QED) is 0.315. The van der Waals surface area contributed by atoms with Crippen LogP contribution in [0.2, 0.25) is 0 Å². The fourth-order valence-electron chi connectivity index (χ4n) is 4.19. The molecule has 0 atom stereocenters. The van der Waals surface area contributed by atoms with E-state index in [2.05, 4.69) is 41.0 Å². The zero-order valence-electron chi connectivity index (χ0n) is 19.7. The number of aromatic nitrogens is 5. The summed E-state index contributed by atoms with van der Waals surface area (Å²) in [4.78, 5) is 28.9. The number of benzene rings is 2. The van der Waals surface area contributed by atoms with Crippen LogP contribution in [0, 0.1) is 13.8 Å². The molecule has 0 unspecified atom stereocenters. The van der Waals surface area contributed by atoms with E-state index in [1.807, 2.05) is 50.2 Å². The summed E-state index contributed by atoms with van der Waals surface area (Å²) in [7, 11) is 0. The Morgan fingerprint density at radius 2 is 1.82 bits per heavy atom. The maximum atomic E-state index is 13.7. The van der Waals surface area contributed by atoms with Crippen molar-refractivity contribution in [2.24, 2.45) is 0 Å². The summed E-state index contributed by atoms with van der Waals surface area (Å²) in [5, 5.41) is 4.95. The molecule has 0 aliphatic carbocycles. The molecule has 0 aliphatic heterocycles. The van der Waals surface area contributed by atoms with Crippen molar-refractivity contribution in [1.29, 1.82) is 0 Å². The smallest absolute Gasteiger partial charge is 0.252 e. The first kappa shape index (κ1) is 22.2. The first-order valence-corrected chi connectivity index (χ1v) is 12.2. The van der Waals surface area contributed by atoms with Crippen LogP contribution in [0.3, 0.4) is 0 Å². The number of para-hydroxylation sites is 1. The van der Waals surface area contributed by atoms with Gasteiger partial charge in [-0.05, 0) is 61.6 Å². The van der Waals surface area contributed by atoms with E-state index in [0.717, 1.165) is 32.9 Å². The normalized spacial score (nSPS) is 11.6. The standard InChI is InChI=1S/C26H26N6OS/c1-16(2)19-9-11-20(12-10-19)31(26-30-22-7-5-6-8-23(22)34-26)24(33)14-13-21-17(3)29-25-27-15-28-32(25)18(21)4/h5-12,15-16H,13-14H2,1-4H3. The van der Waals surface area contributed by atoms with Crippen molar-refractivity contribution in [3.63, 3.8) is 0 Å². The Balaban J connectivity index is 1.49. The van der Waals surface area contributed by atoms with Gasteiger partial charge in [-0.3, -0.25) is 9.69 Å². The topological polar surface area (TPSA) is 76.3 Å². The second kappa shape index (κ2) is 8.95. The maximum Gasteiger partial charge on any atom is 0.252 e. The number of rotatable bonds is 6. The first-order valence-electron chi connectivity index (χ1n) is 11.4. The molecule has 0 N–H and O–H groups in total. The summed E-state index contributed by atoms with van der Waals surface area (Å²) in [6.45, 7) is 8.27. The third kappa shape index (κ3) is 4.05. The van der Waals surface area contributed by atoms with Crippen LogP contribution < -0.4 is 4.90 Å². The van der Waals surface area contributed by atoms with Crippen LogP contribution in [0.5, 0.6) is 0 Å². The van der Waals surface area contributed by atoms with Gasteiger partial charge in [0.15, 0.2) is 5.13 Å². The Morgan fingerprint density at radius 3 is 2.56 bits per heavy atom. The predicted octanol–water partition coefficient (Wildman–Crippen LogP) is 5.77. The number of aryl methyl sites for hydroxylation is 2. The highest BCUT2D eigenvalue weighted by molar-refractivity contribution is 7.22. The number of nitrogens with zero attached hydrogens (tertiary/aromatic N) is 6. The van der Waals surface area contributed by atoms with E-state index >= 15 is 0 Å². The van der Waals surface area contributed by atoms with Gasteiger partial charge in [-0.15, -0.1) is 0 Å². The number of thiazole rings is 1. The van der Waals surface area contributed by atoms with Crippen LogP contribution in [-0.4, -0.2) is 30.5 Å². The second-order valence-electron chi connectivity index (χ2n) is 8.67. The molecule has 3 aromatic heterocycles. The second-order valence-corrected chi connectivity index (χ2v) is 9.68. The Morgan fingerprint density at radius 1 is 1.06 bits per heavy atom. The number of carbonyl (C=O) groups excluding carboxylic acids is 1. The van der Waals surface area contributed by atoms with Crippen LogP contribution in [-0.2, 0) is 11.2 Å². The summed E-state index contributed by atoms with van der Waals surface area (Å²) < 4.78 is 2.78. The number of anilines is 2. The highest BCUT2D eigenvalue weighted by Crippen LogP contribution is 2.34. The van der Waals surface area contributed by atoms with Gasteiger partial charge in [0.25, 0.3) is 5.78 Å². The van der Waals surface area contributed by atoms with E-state index in [4.69, 9.17) is 4.98 Å². The Hall–Kier alpha value is -3.65. The highest BCUT2D eigenvalue weighted by atomic mass is 32.1. The van der Waals surface area contributed by atoms with Crippen molar-refractivity contribution in [3.8, 4) is 0 Å². The van der Waals surface area contributed by atoms with E-state index in [0.29, 0.717) is 29.7 Å². The first-order chi connectivity index (χ1) is 16.4. The SMILES string of the molecule is Cc1nc2ncnn2c(C)c1CCC(=O)N(c1ccc(C(C)C)cc1)c1nc2ccccc2s1. The molecule has 0 radical (unpaired) electrons. The van der Waals surface area contributed by atoms with Crippen LogP contribution >= 0.6 is 11.3 Å². The monoisotopic (exact) mass is 470 g/mol. The average Bonchev–Trinajstić information content (AvgIpc) is 3.46. The van der Waals surface area contributed by atoms with Crippen LogP contribution in [0.4, 0.5) is 10.8 Å². The molecule has 3 heterocycles.